The Bertz CT molecular complexity index is 424. The number of terminal acetylenes is 1. The second-order valence-corrected chi connectivity index (χ2v) is 3.59. The van der Waals surface area contributed by atoms with Gasteiger partial charge in [0.05, 0.1) is 25.3 Å². The van der Waals surface area contributed by atoms with Crippen LogP contribution < -0.4 is 10.5 Å². The molecule has 0 aromatic heterocycles. The second kappa shape index (κ2) is 6.44. The largest absolute Gasteiger partial charge is 0.491 e. The van der Waals surface area contributed by atoms with Crippen molar-refractivity contribution in [2.45, 2.75) is 6.42 Å². The first-order chi connectivity index (χ1) is 8.15. The van der Waals surface area contributed by atoms with E-state index in [2.05, 4.69) is 5.92 Å². The molecule has 0 fully saturated rings. The Hall–Kier alpha value is -2.15. The first-order valence-corrected chi connectivity index (χ1v) is 5.30. The van der Waals surface area contributed by atoms with Crippen molar-refractivity contribution in [1.29, 1.82) is 0 Å². The minimum absolute atomic E-state index is 0.0440. The fourth-order valence-corrected chi connectivity index (χ4v) is 1.28. The third-order valence-corrected chi connectivity index (χ3v) is 2.25. The van der Waals surface area contributed by atoms with Crippen LogP contribution in [0.1, 0.15) is 6.42 Å². The van der Waals surface area contributed by atoms with Gasteiger partial charge >= 0.3 is 0 Å². The van der Waals surface area contributed by atoms with Gasteiger partial charge in [0.1, 0.15) is 5.75 Å². The molecule has 1 amide bonds. The van der Waals surface area contributed by atoms with Crippen LogP contribution in [0.4, 0.5) is 5.69 Å². The molecule has 4 nitrogen and oxygen atoms in total. The van der Waals surface area contributed by atoms with Gasteiger partial charge in [0.15, 0.2) is 0 Å². The predicted molar refractivity (Wildman–Crippen MR) is 67.4 cm³/mol. The standard InChI is InChI=1S/C13H16N2O2/c1-3-9-15(2)13(16)8-10-17-12-7-5-4-6-11(12)14/h1,4-7H,8-10,14H2,2H3. The number of ether oxygens (including phenoxy) is 1. The van der Waals surface area contributed by atoms with Gasteiger partial charge in [0.25, 0.3) is 0 Å². The Balaban J connectivity index is 2.36. The summed E-state index contributed by atoms with van der Waals surface area (Å²) in [6.45, 7) is 0.605. The van der Waals surface area contributed by atoms with E-state index >= 15 is 0 Å². The van der Waals surface area contributed by atoms with Gasteiger partial charge in [0.2, 0.25) is 5.91 Å². The molecule has 0 radical (unpaired) electrons. The highest BCUT2D eigenvalue weighted by atomic mass is 16.5. The number of nitrogen functional groups attached to an aromatic ring is 1. The van der Waals surface area contributed by atoms with E-state index in [1.165, 1.54) is 4.90 Å². The number of amides is 1. The molecule has 0 saturated carbocycles. The maximum Gasteiger partial charge on any atom is 0.226 e. The second-order valence-electron chi connectivity index (χ2n) is 3.59. The molecule has 0 atom stereocenters. The van der Waals surface area contributed by atoms with Crippen molar-refractivity contribution >= 4 is 11.6 Å². The smallest absolute Gasteiger partial charge is 0.226 e. The highest BCUT2D eigenvalue weighted by molar-refractivity contribution is 5.76. The van der Waals surface area contributed by atoms with Crippen LogP contribution in [0.5, 0.6) is 5.75 Å². The predicted octanol–water partition coefficient (Wildman–Crippen LogP) is 1.13. The van der Waals surface area contributed by atoms with Gasteiger partial charge in [0, 0.05) is 7.05 Å². The molecule has 90 valence electrons. The van der Waals surface area contributed by atoms with Crippen molar-refractivity contribution < 1.29 is 9.53 Å². The summed E-state index contributed by atoms with van der Waals surface area (Å²) in [7, 11) is 1.67. The lowest BCUT2D eigenvalue weighted by Gasteiger charge is -2.14. The summed E-state index contributed by atoms with van der Waals surface area (Å²) >= 11 is 0. The zero-order valence-corrected chi connectivity index (χ0v) is 9.85. The van der Waals surface area contributed by atoms with E-state index < -0.39 is 0 Å². The molecule has 0 aliphatic rings. The van der Waals surface area contributed by atoms with Crippen LogP contribution in [0.3, 0.4) is 0 Å². The van der Waals surface area contributed by atoms with Crippen LogP contribution in [-0.2, 0) is 4.79 Å². The monoisotopic (exact) mass is 232 g/mol. The van der Waals surface area contributed by atoms with Gasteiger partial charge in [-0.15, -0.1) is 6.42 Å². The number of carbonyl (C=O) groups is 1. The molecule has 0 aliphatic carbocycles. The van der Waals surface area contributed by atoms with Crippen molar-refractivity contribution in [3.05, 3.63) is 24.3 Å². The van der Waals surface area contributed by atoms with Crippen LogP contribution in [-0.4, -0.2) is 31.0 Å². The van der Waals surface area contributed by atoms with Crippen LogP contribution in [0.25, 0.3) is 0 Å². The summed E-state index contributed by atoms with van der Waals surface area (Å²) in [5.41, 5.74) is 6.26. The molecule has 0 unspecified atom stereocenters. The fraction of sp³-hybridized carbons (Fsp3) is 0.308. The zero-order valence-electron chi connectivity index (χ0n) is 9.85. The van der Waals surface area contributed by atoms with Gasteiger partial charge in [-0.1, -0.05) is 18.1 Å². The summed E-state index contributed by atoms with van der Waals surface area (Å²) in [5, 5.41) is 0. The Labute approximate surface area is 101 Å². The molecule has 0 bridgehead atoms. The lowest BCUT2D eigenvalue weighted by Crippen LogP contribution is -2.28. The molecular weight excluding hydrogens is 216 g/mol. The normalized spacial score (nSPS) is 9.41. The lowest BCUT2D eigenvalue weighted by molar-refractivity contribution is -0.129. The molecule has 0 aliphatic heterocycles. The van der Waals surface area contributed by atoms with Crippen LogP contribution in [0.2, 0.25) is 0 Å². The summed E-state index contributed by atoms with van der Waals surface area (Å²) in [5.74, 6) is 2.96. The van der Waals surface area contributed by atoms with Crippen molar-refractivity contribution in [2.75, 3.05) is 25.9 Å². The van der Waals surface area contributed by atoms with Gasteiger partial charge < -0.3 is 15.4 Å². The van der Waals surface area contributed by atoms with Gasteiger partial charge in [-0.3, -0.25) is 4.79 Å². The van der Waals surface area contributed by atoms with E-state index in [1.54, 1.807) is 19.2 Å². The molecule has 17 heavy (non-hydrogen) atoms. The summed E-state index contributed by atoms with van der Waals surface area (Å²) in [6, 6.07) is 7.18. The SMILES string of the molecule is C#CCN(C)C(=O)CCOc1ccccc1N. The highest BCUT2D eigenvalue weighted by Crippen LogP contribution is 2.19. The molecule has 0 saturated heterocycles. The number of benzene rings is 1. The minimum Gasteiger partial charge on any atom is -0.491 e. The third-order valence-electron chi connectivity index (χ3n) is 2.25. The van der Waals surface area contributed by atoms with E-state index in [0.29, 0.717) is 24.6 Å². The number of hydrogen-bond acceptors (Lipinski definition) is 3. The van der Waals surface area contributed by atoms with E-state index in [4.69, 9.17) is 16.9 Å². The maximum absolute atomic E-state index is 11.5. The molecule has 1 rings (SSSR count). The number of carbonyl (C=O) groups excluding carboxylic acids is 1. The number of anilines is 1. The van der Waals surface area contributed by atoms with E-state index in [9.17, 15) is 4.79 Å². The third kappa shape index (κ3) is 4.07. The van der Waals surface area contributed by atoms with E-state index in [-0.39, 0.29) is 12.3 Å². The van der Waals surface area contributed by atoms with Crippen LogP contribution in [0, 0.1) is 12.3 Å². The summed E-state index contributed by atoms with van der Waals surface area (Å²) in [4.78, 5) is 13.0. The molecule has 1 aromatic carbocycles. The molecular formula is C13H16N2O2. The zero-order chi connectivity index (χ0) is 12.7. The van der Waals surface area contributed by atoms with Gasteiger partial charge in [-0.2, -0.15) is 0 Å². The average Bonchev–Trinajstić information content (AvgIpc) is 2.31. The van der Waals surface area contributed by atoms with E-state index in [0.717, 1.165) is 0 Å². The van der Waals surface area contributed by atoms with Gasteiger partial charge in [-0.25, -0.2) is 0 Å². The molecule has 1 aromatic rings. The minimum atomic E-state index is -0.0440. The maximum atomic E-state index is 11.5. The molecule has 2 N–H and O–H groups in total. The average molecular weight is 232 g/mol. The quantitative estimate of drug-likeness (QED) is 0.611. The Morgan fingerprint density at radius 3 is 2.88 bits per heavy atom. The Kier molecular flexibility index (Phi) is 4.89. The number of nitrogens with two attached hydrogens (primary N) is 1. The number of rotatable bonds is 5. The molecule has 0 spiro atoms. The topological polar surface area (TPSA) is 55.6 Å². The van der Waals surface area contributed by atoms with Crippen molar-refractivity contribution in [2.24, 2.45) is 0 Å². The van der Waals surface area contributed by atoms with Crippen molar-refractivity contribution in [1.82, 2.24) is 4.90 Å². The number of nitrogens with zero attached hydrogens (tertiary/aromatic N) is 1. The molecule has 0 heterocycles. The fourth-order valence-electron chi connectivity index (χ4n) is 1.28. The first-order valence-electron chi connectivity index (χ1n) is 5.30. The van der Waals surface area contributed by atoms with Crippen molar-refractivity contribution in [3.63, 3.8) is 0 Å². The molecule has 4 heteroatoms. The van der Waals surface area contributed by atoms with Gasteiger partial charge in [-0.05, 0) is 12.1 Å². The summed E-state index contributed by atoms with van der Waals surface area (Å²) in [6.07, 6.45) is 5.40. The van der Waals surface area contributed by atoms with Crippen molar-refractivity contribution in [3.8, 4) is 18.1 Å². The Morgan fingerprint density at radius 2 is 2.24 bits per heavy atom. The number of para-hydroxylation sites is 2. The van der Waals surface area contributed by atoms with Crippen LogP contribution >= 0.6 is 0 Å². The summed E-state index contributed by atoms with van der Waals surface area (Å²) < 4.78 is 5.41. The lowest BCUT2D eigenvalue weighted by atomic mass is 10.3. The highest BCUT2D eigenvalue weighted by Gasteiger charge is 2.07. The number of hydrogen-bond donors (Lipinski definition) is 1. The van der Waals surface area contributed by atoms with E-state index in [1.807, 2.05) is 12.1 Å². The first kappa shape index (κ1) is 12.9. The Morgan fingerprint density at radius 1 is 1.53 bits per heavy atom. The van der Waals surface area contributed by atoms with Crippen LogP contribution in [0.15, 0.2) is 24.3 Å².